The van der Waals surface area contributed by atoms with Crippen LogP contribution in [0.5, 0.6) is 0 Å². The van der Waals surface area contributed by atoms with Gasteiger partial charge in [0, 0.05) is 32.0 Å². The molecule has 0 saturated heterocycles. The van der Waals surface area contributed by atoms with Crippen molar-refractivity contribution in [1.29, 1.82) is 0 Å². The van der Waals surface area contributed by atoms with Crippen LogP contribution in [-0.4, -0.2) is 37.1 Å². The zero-order valence-corrected chi connectivity index (χ0v) is 14.0. The van der Waals surface area contributed by atoms with Gasteiger partial charge in [-0.25, -0.2) is 0 Å². The fourth-order valence-corrected chi connectivity index (χ4v) is 2.15. The van der Waals surface area contributed by atoms with Gasteiger partial charge in [0.25, 0.3) is 11.8 Å². The zero-order valence-electron chi connectivity index (χ0n) is 13.2. The van der Waals surface area contributed by atoms with Crippen LogP contribution >= 0.6 is 11.6 Å². The van der Waals surface area contributed by atoms with Crippen LogP contribution in [0, 0.1) is 0 Å². The normalized spacial score (nSPS) is 10.2. The summed E-state index contributed by atoms with van der Waals surface area (Å²) >= 11 is 6.01. The zero-order chi connectivity index (χ0) is 17.4. The lowest BCUT2D eigenvalue weighted by Crippen LogP contribution is -2.25. The first-order valence-corrected chi connectivity index (χ1v) is 7.78. The molecule has 1 aromatic heterocycles. The van der Waals surface area contributed by atoms with Gasteiger partial charge in [-0.2, -0.15) is 0 Å². The number of para-hydroxylation sites is 1. The first kappa shape index (κ1) is 17.9. The maximum absolute atomic E-state index is 12.3. The van der Waals surface area contributed by atoms with Gasteiger partial charge in [0.1, 0.15) is 5.69 Å². The molecule has 0 unspecified atom stereocenters. The lowest BCUT2D eigenvalue weighted by atomic mass is 10.2. The number of ether oxygens (including phenoxy) is 1. The van der Waals surface area contributed by atoms with Crippen LogP contribution in [0.4, 0.5) is 5.69 Å². The number of carbonyl (C=O) groups is 2. The molecule has 0 saturated carbocycles. The van der Waals surface area contributed by atoms with Crippen LogP contribution < -0.4 is 10.6 Å². The number of hydrogen-bond donors (Lipinski definition) is 2. The van der Waals surface area contributed by atoms with E-state index in [1.54, 1.807) is 37.4 Å². The average molecular weight is 348 g/mol. The second kappa shape index (κ2) is 9.00. The highest BCUT2D eigenvalue weighted by atomic mass is 35.5. The van der Waals surface area contributed by atoms with E-state index in [1.165, 1.54) is 12.3 Å². The number of rotatable bonds is 7. The highest BCUT2D eigenvalue weighted by Crippen LogP contribution is 2.21. The Morgan fingerprint density at radius 1 is 1.21 bits per heavy atom. The Kier molecular flexibility index (Phi) is 6.72. The van der Waals surface area contributed by atoms with Crippen LogP contribution in [0.25, 0.3) is 0 Å². The number of anilines is 1. The van der Waals surface area contributed by atoms with Crippen LogP contribution in [0.1, 0.15) is 27.3 Å². The summed E-state index contributed by atoms with van der Waals surface area (Å²) in [7, 11) is 1.61. The number of carbonyl (C=O) groups excluding carboxylic acids is 2. The van der Waals surface area contributed by atoms with Gasteiger partial charge in [-0.05, 0) is 30.7 Å². The van der Waals surface area contributed by atoms with Gasteiger partial charge in [-0.15, -0.1) is 0 Å². The van der Waals surface area contributed by atoms with E-state index in [1.807, 2.05) is 0 Å². The number of benzene rings is 1. The lowest BCUT2D eigenvalue weighted by Gasteiger charge is -2.08. The molecule has 1 aromatic carbocycles. The fourth-order valence-electron chi connectivity index (χ4n) is 1.97. The molecule has 0 fully saturated rings. The van der Waals surface area contributed by atoms with Crippen molar-refractivity contribution in [3.05, 3.63) is 58.9 Å². The van der Waals surface area contributed by atoms with Crippen LogP contribution in [0.15, 0.2) is 42.6 Å². The summed E-state index contributed by atoms with van der Waals surface area (Å²) in [4.78, 5) is 28.3. The van der Waals surface area contributed by atoms with Crippen LogP contribution in [0.3, 0.4) is 0 Å². The van der Waals surface area contributed by atoms with Crippen molar-refractivity contribution in [3.8, 4) is 0 Å². The minimum Gasteiger partial charge on any atom is -0.385 e. The van der Waals surface area contributed by atoms with Gasteiger partial charge >= 0.3 is 0 Å². The Hall–Kier alpha value is -2.44. The van der Waals surface area contributed by atoms with Gasteiger partial charge in [0.15, 0.2) is 0 Å². The summed E-state index contributed by atoms with van der Waals surface area (Å²) in [5.74, 6) is -0.697. The highest BCUT2D eigenvalue weighted by Gasteiger charge is 2.13. The predicted molar refractivity (Wildman–Crippen MR) is 92.5 cm³/mol. The lowest BCUT2D eigenvalue weighted by molar-refractivity contribution is 0.0948. The summed E-state index contributed by atoms with van der Waals surface area (Å²) in [6, 6.07) is 9.89. The molecule has 0 radical (unpaired) electrons. The van der Waals surface area contributed by atoms with Gasteiger partial charge < -0.3 is 15.4 Å². The van der Waals surface area contributed by atoms with E-state index in [2.05, 4.69) is 15.6 Å². The number of aromatic nitrogens is 1. The minimum atomic E-state index is -0.433. The summed E-state index contributed by atoms with van der Waals surface area (Å²) < 4.78 is 4.92. The maximum Gasteiger partial charge on any atom is 0.274 e. The third-order valence-electron chi connectivity index (χ3n) is 3.19. The molecule has 0 bridgehead atoms. The number of methoxy groups -OCH3 is 1. The van der Waals surface area contributed by atoms with E-state index < -0.39 is 5.91 Å². The van der Waals surface area contributed by atoms with Crippen molar-refractivity contribution in [1.82, 2.24) is 10.3 Å². The molecule has 2 amide bonds. The molecule has 0 aliphatic heterocycles. The van der Waals surface area contributed by atoms with E-state index in [0.29, 0.717) is 35.8 Å². The monoisotopic (exact) mass is 347 g/mol. The van der Waals surface area contributed by atoms with E-state index in [-0.39, 0.29) is 11.6 Å². The van der Waals surface area contributed by atoms with E-state index in [4.69, 9.17) is 16.3 Å². The Morgan fingerprint density at radius 2 is 2.00 bits per heavy atom. The Balaban J connectivity index is 2.02. The predicted octanol–water partition coefficient (Wildman–Crippen LogP) is 2.75. The summed E-state index contributed by atoms with van der Waals surface area (Å²) in [6.45, 7) is 1.07. The van der Waals surface area contributed by atoms with E-state index in [0.717, 1.165) is 0 Å². The molecule has 2 rings (SSSR count). The molecule has 6 nitrogen and oxygen atoms in total. The van der Waals surface area contributed by atoms with Gasteiger partial charge in [-0.3, -0.25) is 14.6 Å². The third kappa shape index (κ3) is 5.04. The molecule has 0 atom stereocenters. The molecule has 0 spiro atoms. The second-order valence-corrected chi connectivity index (χ2v) is 5.37. The third-order valence-corrected chi connectivity index (χ3v) is 3.52. The first-order chi connectivity index (χ1) is 11.6. The van der Waals surface area contributed by atoms with Crippen LogP contribution in [0.2, 0.25) is 5.02 Å². The number of nitrogens with zero attached hydrogens (tertiary/aromatic N) is 1. The molecule has 2 aromatic rings. The van der Waals surface area contributed by atoms with Crippen molar-refractivity contribution in [2.75, 3.05) is 25.6 Å². The number of hydrogen-bond acceptors (Lipinski definition) is 4. The molecular formula is C17H18ClN3O3. The standard InChI is InChI=1S/C17H18ClN3O3/c1-24-10-4-8-20-16(22)12-7-9-19-15(11-12)17(23)21-14-6-3-2-5-13(14)18/h2-3,5-7,9,11H,4,8,10H2,1H3,(H,20,22)(H,21,23). The fraction of sp³-hybridized carbons (Fsp3) is 0.235. The largest absolute Gasteiger partial charge is 0.385 e. The van der Waals surface area contributed by atoms with Crippen molar-refractivity contribution in [2.24, 2.45) is 0 Å². The van der Waals surface area contributed by atoms with E-state index >= 15 is 0 Å². The average Bonchev–Trinajstić information content (AvgIpc) is 2.60. The van der Waals surface area contributed by atoms with Gasteiger partial charge in [0.2, 0.25) is 0 Å². The number of amides is 2. The molecule has 7 heteroatoms. The molecule has 0 aliphatic carbocycles. The van der Waals surface area contributed by atoms with E-state index in [9.17, 15) is 9.59 Å². The van der Waals surface area contributed by atoms with Gasteiger partial charge in [-0.1, -0.05) is 23.7 Å². The number of pyridine rings is 1. The SMILES string of the molecule is COCCCNC(=O)c1ccnc(C(=O)Nc2ccccc2Cl)c1. The summed E-state index contributed by atoms with van der Waals surface area (Å²) in [5, 5.41) is 5.86. The smallest absolute Gasteiger partial charge is 0.274 e. The van der Waals surface area contributed by atoms with Crippen molar-refractivity contribution in [2.45, 2.75) is 6.42 Å². The van der Waals surface area contributed by atoms with Crippen molar-refractivity contribution in [3.63, 3.8) is 0 Å². The molecular weight excluding hydrogens is 330 g/mol. The quantitative estimate of drug-likeness (QED) is 0.755. The van der Waals surface area contributed by atoms with Crippen molar-refractivity contribution >= 4 is 29.1 Å². The molecule has 2 N–H and O–H groups in total. The topological polar surface area (TPSA) is 80.3 Å². The maximum atomic E-state index is 12.3. The number of halogens is 1. The molecule has 24 heavy (non-hydrogen) atoms. The van der Waals surface area contributed by atoms with Crippen LogP contribution in [-0.2, 0) is 4.74 Å². The second-order valence-electron chi connectivity index (χ2n) is 4.97. The Bertz CT molecular complexity index is 722. The summed E-state index contributed by atoms with van der Waals surface area (Å²) in [5.41, 5.74) is 0.992. The van der Waals surface area contributed by atoms with Crippen molar-refractivity contribution < 1.29 is 14.3 Å². The minimum absolute atomic E-state index is 0.138. The Morgan fingerprint density at radius 3 is 2.75 bits per heavy atom. The number of nitrogens with one attached hydrogen (secondary N) is 2. The summed E-state index contributed by atoms with van der Waals surface area (Å²) in [6.07, 6.45) is 2.14. The first-order valence-electron chi connectivity index (χ1n) is 7.41. The molecule has 126 valence electrons. The molecule has 0 aliphatic rings. The molecule has 1 heterocycles. The Labute approximate surface area is 145 Å². The van der Waals surface area contributed by atoms with Gasteiger partial charge in [0.05, 0.1) is 10.7 Å². The highest BCUT2D eigenvalue weighted by molar-refractivity contribution is 6.33.